The van der Waals surface area contributed by atoms with Crippen molar-refractivity contribution in [3.8, 4) is 11.1 Å². The standard InChI is InChI=1S/C15H17N3O3/c16-15(19)14-13(10-21-17-14)12-3-1-11(2-4-12)9-18-5-7-20-8-6-18/h1-4,10H,5-9H2,(H2,16,19). The fraction of sp³-hybridized carbons (Fsp3) is 0.333. The van der Waals surface area contributed by atoms with Crippen molar-refractivity contribution in [1.82, 2.24) is 10.1 Å². The molecule has 3 rings (SSSR count). The summed E-state index contributed by atoms with van der Waals surface area (Å²) in [6.45, 7) is 4.40. The predicted molar refractivity (Wildman–Crippen MR) is 76.6 cm³/mol. The Kier molecular flexibility index (Phi) is 3.98. The molecule has 1 aromatic carbocycles. The van der Waals surface area contributed by atoms with Crippen LogP contribution >= 0.6 is 0 Å². The third-order valence-electron chi connectivity index (χ3n) is 3.58. The number of aromatic nitrogens is 1. The molecular weight excluding hydrogens is 270 g/mol. The Morgan fingerprint density at radius 3 is 2.62 bits per heavy atom. The molecule has 2 aromatic rings. The van der Waals surface area contributed by atoms with Gasteiger partial charge in [-0.25, -0.2) is 0 Å². The molecule has 1 aliphatic rings. The fourth-order valence-corrected chi connectivity index (χ4v) is 2.43. The van der Waals surface area contributed by atoms with Crippen molar-refractivity contribution < 1.29 is 14.1 Å². The Hall–Kier alpha value is -2.18. The number of hydrogen-bond acceptors (Lipinski definition) is 5. The summed E-state index contributed by atoms with van der Waals surface area (Å²) in [6.07, 6.45) is 1.44. The van der Waals surface area contributed by atoms with Crippen LogP contribution in [0.3, 0.4) is 0 Å². The first kappa shape index (κ1) is 13.8. The third kappa shape index (κ3) is 3.12. The van der Waals surface area contributed by atoms with E-state index in [1.54, 1.807) is 0 Å². The smallest absolute Gasteiger partial charge is 0.271 e. The van der Waals surface area contributed by atoms with Gasteiger partial charge in [0.2, 0.25) is 0 Å². The van der Waals surface area contributed by atoms with E-state index in [0.717, 1.165) is 38.4 Å². The Morgan fingerprint density at radius 1 is 1.24 bits per heavy atom. The highest BCUT2D eigenvalue weighted by molar-refractivity contribution is 5.97. The quantitative estimate of drug-likeness (QED) is 0.916. The zero-order chi connectivity index (χ0) is 14.7. The van der Waals surface area contributed by atoms with E-state index in [1.807, 2.05) is 24.3 Å². The van der Waals surface area contributed by atoms with E-state index < -0.39 is 5.91 Å². The minimum atomic E-state index is -0.587. The summed E-state index contributed by atoms with van der Waals surface area (Å²) in [7, 11) is 0. The molecule has 1 aromatic heterocycles. The van der Waals surface area contributed by atoms with E-state index in [4.69, 9.17) is 15.0 Å². The van der Waals surface area contributed by atoms with Gasteiger partial charge in [0.15, 0.2) is 5.69 Å². The third-order valence-corrected chi connectivity index (χ3v) is 3.58. The average Bonchev–Trinajstić information content (AvgIpc) is 2.99. The van der Waals surface area contributed by atoms with E-state index in [0.29, 0.717) is 5.56 Å². The van der Waals surface area contributed by atoms with Crippen LogP contribution in [0, 0.1) is 0 Å². The second-order valence-corrected chi connectivity index (χ2v) is 5.03. The maximum absolute atomic E-state index is 11.3. The summed E-state index contributed by atoms with van der Waals surface area (Å²) in [5.41, 5.74) is 8.15. The van der Waals surface area contributed by atoms with Gasteiger partial charge in [-0.15, -0.1) is 0 Å². The van der Waals surface area contributed by atoms with Crippen LogP contribution in [0.1, 0.15) is 16.1 Å². The highest BCUT2D eigenvalue weighted by Crippen LogP contribution is 2.23. The van der Waals surface area contributed by atoms with Crippen molar-refractivity contribution in [2.45, 2.75) is 6.54 Å². The summed E-state index contributed by atoms with van der Waals surface area (Å²) in [5, 5.41) is 3.64. The van der Waals surface area contributed by atoms with Crippen molar-refractivity contribution in [3.63, 3.8) is 0 Å². The van der Waals surface area contributed by atoms with Gasteiger partial charge < -0.3 is 15.0 Å². The second-order valence-electron chi connectivity index (χ2n) is 5.03. The molecular formula is C15H17N3O3. The van der Waals surface area contributed by atoms with E-state index in [-0.39, 0.29) is 5.69 Å². The van der Waals surface area contributed by atoms with Crippen molar-refractivity contribution in [1.29, 1.82) is 0 Å². The fourth-order valence-electron chi connectivity index (χ4n) is 2.43. The van der Waals surface area contributed by atoms with Gasteiger partial charge in [0.25, 0.3) is 5.91 Å². The van der Waals surface area contributed by atoms with Crippen molar-refractivity contribution in [3.05, 3.63) is 41.8 Å². The lowest BCUT2D eigenvalue weighted by Gasteiger charge is -2.26. The second kappa shape index (κ2) is 6.07. The van der Waals surface area contributed by atoms with Crippen LogP contribution in [0.2, 0.25) is 0 Å². The van der Waals surface area contributed by atoms with Gasteiger partial charge in [-0.2, -0.15) is 0 Å². The van der Waals surface area contributed by atoms with Gasteiger partial charge in [-0.05, 0) is 11.1 Å². The molecule has 0 spiro atoms. The Balaban J connectivity index is 1.74. The molecule has 0 bridgehead atoms. The van der Waals surface area contributed by atoms with Gasteiger partial charge in [0.1, 0.15) is 6.26 Å². The Morgan fingerprint density at radius 2 is 1.95 bits per heavy atom. The number of morpholine rings is 1. The topological polar surface area (TPSA) is 81.6 Å². The SMILES string of the molecule is NC(=O)c1nocc1-c1ccc(CN2CCOCC2)cc1. The van der Waals surface area contributed by atoms with Crippen LogP contribution < -0.4 is 5.73 Å². The zero-order valence-corrected chi connectivity index (χ0v) is 11.6. The number of carbonyl (C=O) groups excluding carboxylic acids is 1. The molecule has 1 aliphatic heterocycles. The lowest BCUT2D eigenvalue weighted by molar-refractivity contribution is 0.0342. The lowest BCUT2D eigenvalue weighted by atomic mass is 10.0. The Labute approximate surface area is 122 Å². The van der Waals surface area contributed by atoms with Gasteiger partial charge in [0, 0.05) is 19.6 Å². The van der Waals surface area contributed by atoms with Crippen molar-refractivity contribution in [2.24, 2.45) is 5.73 Å². The maximum Gasteiger partial charge on any atom is 0.271 e. The first-order chi connectivity index (χ1) is 10.2. The zero-order valence-electron chi connectivity index (χ0n) is 11.6. The van der Waals surface area contributed by atoms with Crippen LogP contribution in [0.5, 0.6) is 0 Å². The number of amides is 1. The molecule has 0 radical (unpaired) electrons. The molecule has 21 heavy (non-hydrogen) atoms. The van der Waals surface area contributed by atoms with E-state index in [9.17, 15) is 4.79 Å². The van der Waals surface area contributed by atoms with Crippen LogP contribution in [0.25, 0.3) is 11.1 Å². The lowest BCUT2D eigenvalue weighted by Crippen LogP contribution is -2.35. The minimum Gasteiger partial charge on any atom is -0.379 e. The summed E-state index contributed by atoms with van der Waals surface area (Å²) in [5.74, 6) is -0.587. The molecule has 2 N–H and O–H groups in total. The van der Waals surface area contributed by atoms with Crippen LogP contribution in [0.4, 0.5) is 0 Å². The average molecular weight is 287 g/mol. The van der Waals surface area contributed by atoms with Gasteiger partial charge in [-0.1, -0.05) is 29.4 Å². The van der Waals surface area contributed by atoms with Gasteiger partial charge >= 0.3 is 0 Å². The monoisotopic (exact) mass is 287 g/mol. The number of hydrogen-bond donors (Lipinski definition) is 1. The number of benzene rings is 1. The molecule has 110 valence electrons. The first-order valence-electron chi connectivity index (χ1n) is 6.87. The summed E-state index contributed by atoms with van der Waals surface area (Å²) in [4.78, 5) is 13.6. The summed E-state index contributed by atoms with van der Waals surface area (Å²) in [6, 6.07) is 7.99. The van der Waals surface area contributed by atoms with Crippen molar-refractivity contribution in [2.75, 3.05) is 26.3 Å². The molecule has 0 aliphatic carbocycles. The summed E-state index contributed by atoms with van der Waals surface area (Å²) < 4.78 is 10.2. The number of primary amides is 1. The Bertz CT molecular complexity index is 615. The largest absolute Gasteiger partial charge is 0.379 e. The highest BCUT2D eigenvalue weighted by Gasteiger charge is 2.15. The summed E-state index contributed by atoms with van der Waals surface area (Å²) >= 11 is 0. The van der Waals surface area contributed by atoms with Crippen molar-refractivity contribution >= 4 is 5.91 Å². The van der Waals surface area contributed by atoms with Crippen LogP contribution in [-0.2, 0) is 11.3 Å². The molecule has 0 unspecified atom stereocenters. The predicted octanol–water partition coefficient (Wildman–Crippen LogP) is 1.27. The highest BCUT2D eigenvalue weighted by atomic mass is 16.5. The van der Waals surface area contributed by atoms with E-state index in [2.05, 4.69) is 10.1 Å². The molecule has 2 heterocycles. The number of rotatable bonds is 4. The minimum absolute atomic E-state index is 0.163. The van der Waals surface area contributed by atoms with Gasteiger partial charge in [0.05, 0.1) is 18.8 Å². The number of nitrogens with two attached hydrogens (primary N) is 1. The number of nitrogens with zero attached hydrogens (tertiary/aromatic N) is 2. The molecule has 1 amide bonds. The maximum atomic E-state index is 11.3. The number of carbonyl (C=O) groups is 1. The normalized spacial score (nSPS) is 16.0. The van der Waals surface area contributed by atoms with Crippen LogP contribution in [-0.4, -0.2) is 42.3 Å². The van der Waals surface area contributed by atoms with E-state index in [1.165, 1.54) is 11.8 Å². The molecule has 0 atom stereocenters. The van der Waals surface area contributed by atoms with Crippen LogP contribution in [0.15, 0.2) is 35.1 Å². The molecule has 0 saturated carbocycles. The van der Waals surface area contributed by atoms with Gasteiger partial charge in [-0.3, -0.25) is 9.69 Å². The molecule has 1 saturated heterocycles. The molecule has 1 fully saturated rings. The first-order valence-corrected chi connectivity index (χ1v) is 6.87. The molecule has 6 heteroatoms. The number of ether oxygens (including phenoxy) is 1. The van der Waals surface area contributed by atoms with E-state index >= 15 is 0 Å². The molecule has 6 nitrogen and oxygen atoms in total.